The first-order valence-electron chi connectivity index (χ1n) is 5.32. The number of anilines is 1. The molecule has 3 N–H and O–H groups in total. The predicted octanol–water partition coefficient (Wildman–Crippen LogP) is 1.92. The van der Waals surface area contributed by atoms with Crippen LogP contribution in [0.4, 0.5) is 5.69 Å². The van der Waals surface area contributed by atoms with Gasteiger partial charge in [-0.25, -0.2) is 0 Å². The third kappa shape index (κ3) is 2.12. The van der Waals surface area contributed by atoms with Gasteiger partial charge < -0.3 is 11.1 Å². The van der Waals surface area contributed by atoms with E-state index < -0.39 is 0 Å². The van der Waals surface area contributed by atoms with Crippen LogP contribution in [0.25, 0.3) is 0 Å². The smallest absolute Gasteiger partial charge is 0.220 e. The highest BCUT2D eigenvalue weighted by Crippen LogP contribution is 2.25. The molecule has 3 heteroatoms. The zero-order valence-electron chi connectivity index (χ0n) is 8.92. The quantitative estimate of drug-likeness (QED) is 0.687. The van der Waals surface area contributed by atoms with Crippen molar-refractivity contribution < 1.29 is 4.79 Å². The Morgan fingerprint density at radius 1 is 1.47 bits per heavy atom. The summed E-state index contributed by atoms with van der Waals surface area (Å²) in [6.07, 6.45) is 2.62. The molecule has 1 aromatic rings. The summed E-state index contributed by atoms with van der Waals surface area (Å²) in [7, 11) is 0. The normalized spacial score (nSPS) is 21.1. The van der Waals surface area contributed by atoms with E-state index in [-0.39, 0.29) is 11.9 Å². The van der Waals surface area contributed by atoms with Gasteiger partial charge in [-0.1, -0.05) is 12.1 Å². The van der Waals surface area contributed by atoms with Gasteiger partial charge in [0, 0.05) is 12.1 Å². The molecule has 3 nitrogen and oxygen atoms in total. The van der Waals surface area contributed by atoms with Gasteiger partial charge in [0.2, 0.25) is 5.91 Å². The summed E-state index contributed by atoms with van der Waals surface area (Å²) < 4.78 is 0. The number of carbonyl (C=O) groups is 1. The second kappa shape index (κ2) is 3.93. The highest BCUT2D eigenvalue weighted by atomic mass is 16.1. The fourth-order valence-corrected chi connectivity index (χ4v) is 1.93. The van der Waals surface area contributed by atoms with Gasteiger partial charge in [0.05, 0.1) is 6.04 Å². The summed E-state index contributed by atoms with van der Waals surface area (Å²) in [5.74, 6) is 0.144. The molecular formula is C12H16N2O. The Balaban J connectivity index is 2.21. The largest absolute Gasteiger partial charge is 0.399 e. The molecule has 1 aliphatic rings. The molecule has 1 heterocycles. The maximum Gasteiger partial charge on any atom is 0.220 e. The Morgan fingerprint density at radius 2 is 2.27 bits per heavy atom. The molecule has 1 aliphatic heterocycles. The van der Waals surface area contributed by atoms with Crippen molar-refractivity contribution in [2.24, 2.45) is 0 Å². The molecule has 0 aliphatic carbocycles. The van der Waals surface area contributed by atoms with Gasteiger partial charge in [0.15, 0.2) is 0 Å². The number of hydrogen-bond acceptors (Lipinski definition) is 2. The molecule has 0 bridgehead atoms. The summed E-state index contributed by atoms with van der Waals surface area (Å²) in [6, 6.07) is 6.16. The second-order valence-electron chi connectivity index (χ2n) is 4.13. The van der Waals surface area contributed by atoms with Crippen molar-refractivity contribution in [2.75, 3.05) is 5.73 Å². The molecule has 1 fully saturated rings. The van der Waals surface area contributed by atoms with Crippen LogP contribution in [0, 0.1) is 6.92 Å². The van der Waals surface area contributed by atoms with Gasteiger partial charge in [-0.2, -0.15) is 0 Å². The van der Waals surface area contributed by atoms with Crippen molar-refractivity contribution in [1.82, 2.24) is 5.32 Å². The molecule has 0 saturated carbocycles. The van der Waals surface area contributed by atoms with E-state index in [1.165, 1.54) is 0 Å². The molecule has 1 saturated heterocycles. The van der Waals surface area contributed by atoms with Crippen LogP contribution < -0.4 is 11.1 Å². The Morgan fingerprint density at radius 3 is 2.93 bits per heavy atom. The summed E-state index contributed by atoms with van der Waals surface area (Å²) in [6.45, 7) is 1.98. The molecule has 0 radical (unpaired) electrons. The van der Waals surface area contributed by atoms with Crippen LogP contribution in [0.5, 0.6) is 0 Å². The predicted molar refractivity (Wildman–Crippen MR) is 60.3 cm³/mol. The van der Waals surface area contributed by atoms with Gasteiger partial charge in [-0.3, -0.25) is 4.79 Å². The number of rotatable bonds is 1. The lowest BCUT2D eigenvalue weighted by Crippen LogP contribution is -2.32. The number of nitrogens with one attached hydrogen (secondary N) is 1. The second-order valence-corrected chi connectivity index (χ2v) is 4.13. The fourth-order valence-electron chi connectivity index (χ4n) is 1.93. The van der Waals surface area contributed by atoms with Crippen LogP contribution in [0.3, 0.4) is 0 Å². The maximum absolute atomic E-state index is 11.3. The standard InChI is InChI=1S/C12H16N2O/c1-8-5-6-9(7-10(8)13)11-3-2-4-12(15)14-11/h5-7,11H,2-4,13H2,1H3,(H,14,15). The number of aryl methyl sites for hydroxylation is 1. The summed E-state index contributed by atoms with van der Waals surface area (Å²) >= 11 is 0. The number of nitrogens with two attached hydrogens (primary N) is 1. The SMILES string of the molecule is Cc1ccc(C2CCCC(=O)N2)cc1N. The fraction of sp³-hybridized carbons (Fsp3) is 0.417. The van der Waals surface area contributed by atoms with E-state index in [9.17, 15) is 4.79 Å². The minimum absolute atomic E-state index is 0.144. The molecule has 80 valence electrons. The van der Waals surface area contributed by atoms with Crippen molar-refractivity contribution in [3.63, 3.8) is 0 Å². The zero-order valence-corrected chi connectivity index (χ0v) is 8.92. The molecule has 1 amide bonds. The third-order valence-electron chi connectivity index (χ3n) is 2.94. The highest BCUT2D eigenvalue weighted by molar-refractivity contribution is 5.77. The van der Waals surface area contributed by atoms with Crippen molar-refractivity contribution in [3.8, 4) is 0 Å². The molecule has 0 aromatic heterocycles. The number of benzene rings is 1. The number of amides is 1. The lowest BCUT2D eigenvalue weighted by molar-refractivity contribution is -0.123. The van der Waals surface area contributed by atoms with E-state index >= 15 is 0 Å². The summed E-state index contributed by atoms with van der Waals surface area (Å²) in [5.41, 5.74) is 8.85. The minimum Gasteiger partial charge on any atom is -0.399 e. The first-order chi connectivity index (χ1) is 7.16. The number of nitrogen functional groups attached to an aromatic ring is 1. The number of hydrogen-bond donors (Lipinski definition) is 2. The van der Waals surface area contributed by atoms with Crippen molar-refractivity contribution in [1.29, 1.82) is 0 Å². The van der Waals surface area contributed by atoms with Crippen molar-refractivity contribution >= 4 is 11.6 Å². The van der Waals surface area contributed by atoms with Crippen LogP contribution in [-0.4, -0.2) is 5.91 Å². The van der Waals surface area contributed by atoms with E-state index in [1.54, 1.807) is 0 Å². The molecule has 0 spiro atoms. The van der Waals surface area contributed by atoms with Gasteiger partial charge >= 0.3 is 0 Å². The molecule has 2 rings (SSSR count). The lowest BCUT2D eigenvalue weighted by atomic mass is 9.96. The van der Waals surface area contributed by atoms with Crippen LogP contribution >= 0.6 is 0 Å². The summed E-state index contributed by atoms with van der Waals surface area (Å²) in [4.78, 5) is 11.3. The van der Waals surface area contributed by atoms with Crippen LogP contribution in [0.2, 0.25) is 0 Å². The van der Waals surface area contributed by atoms with Gasteiger partial charge in [0.1, 0.15) is 0 Å². The molecule has 1 atom stereocenters. The minimum atomic E-state index is 0.144. The Hall–Kier alpha value is -1.51. The van der Waals surface area contributed by atoms with Crippen LogP contribution in [0.15, 0.2) is 18.2 Å². The molecular weight excluding hydrogens is 188 g/mol. The van der Waals surface area contributed by atoms with Crippen molar-refractivity contribution in [3.05, 3.63) is 29.3 Å². The topological polar surface area (TPSA) is 55.1 Å². The Labute approximate surface area is 89.7 Å². The van der Waals surface area contributed by atoms with E-state index in [4.69, 9.17) is 5.73 Å². The summed E-state index contributed by atoms with van der Waals surface area (Å²) in [5, 5.41) is 2.98. The van der Waals surface area contributed by atoms with E-state index in [0.29, 0.717) is 6.42 Å². The van der Waals surface area contributed by atoms with E-state index in [0.717, 1.165) is 29.7 Å². The van der Waals surface area contributed by atoms with E-state index in [1.807, 2.05) is 25.1 Å². The van der Waals surface area contributed by atoms with Gasteiger partial charge in [-0.15, -0.1) is 0 Å². The van der Waals surface area contributed by atoms with Crippen LogP contribution in [-0.2, 0) is 4.79 Å². The third-order valence-corrected chi connectivity index (χ3v) is 2.94. The Kier molecular flexibility index (Phi) is 2.62. The average Bonchev–Trinajstić information content (AvgIpc) is 2.22. The molecule has 1 unspecified atom stereocenters. The highest BCUT2D eigenvalue weighted by Gasteiger charge is 2.19. The van der Waals surface area contributed by atoms with Gasteiger partial charge in [0.25, 0.3) is 0 Å². The Bertz CT molecular complexity index is 387. The average molecular weight is 204 g/mol. The first-order valence-corrected chi connectivity index (χ1v) is 5.32. The zero-order chi connectivity index (χ0) is 10.8. The van der Waals surface area contributed by atoms with Crippen molar-refractivity contribution in [2.45, 2.75) is 32.2 Å². The van der Waals surface area contributed by atoms with E-state index in [2.05, 4.69) is 5.32 Å². The first kappa shape index (κ1) is 10.0. The van der Waals surface area contributed by atoms with Crippen LogP contribution in [0.1, 0.15) is 36.4 Å². The molecule has 1 aromatic carbocycles. The van der Waals surface area contributed by atoms with Gasteiger partial charge in [-0.05, 0) is 37.0 Å². The number of carbonyl (C=O) groups excluding carboxylic acids is 1. The molecule has 15 heavy (non-hydrogen) atoms. The number of piperidine rings is 1. The lowest BCUT2D eigenvalue weighted by Gasteiger charge is -2.24. The monoisotopic (exact) mass is 204 g/mol. The maximum atomic E-state index is 11.3.